The molecule has 0 aliphatic heterocycles. The van der Waals surface area contributed by atoms with Crippen LogP contribution in [0.4, 0.5) is 18.9 Å². The Hall–Kier alpha value is -1.94. The van der Waals surface area contributed by atoms with E-state index in [1.807, 2.05) is 6.07 Å². The van der Waals surface area contributed by atoms with Crippen LogP contribution in [0.15, 0.2) is 18.2 Å². The Bertz CT molecular complexity index is 455. The standard InChI is InChI=1S/C12H13F3N2O2/c1-18-11-6-9(7-16)2-3-10(11)17-4-5-19-8-12(13,14)15/h2-3,6,17H,4-5,8H2,1H3. The molecule has 0 atom stereocenters. The van der Waals surface area contributed by atoms with E-state index in [2.05, 4.69) is 10.1 Å². The van der Waals surface area contributed by atoms with Crippen LogP contribution in [-0.2, 0) is 4.74 Å². The maximum absolute atomic E-state index is 11.8. The normalized spacial score (nSPS) is 10.9. The largest absolute Gasteiger partial charge is 0.495 e. The Balaban J connectivity index is 2.43. The van der Waals surface area contributed by atoms with Gasteiger partial charge in [-0.15, -0.1) is 0 Å². The lowest BCUT2D eigenvalue weighted by atomic mass is 10.2. The van der Waals surface area contributed by atoms with Crippen LogP contribution in [0.2, 0.25) is 0 Å². The number of nitrogens with zero attached hydrogens (tertiary/aromatic N) is 1. The first kappa shape index (κ1) is 15.1. The van der Waals surface area contributed by atoms with E-state index in [0.717, 1.165) is 0 Å². The van der Waals surface area contributed by atoms with Gasteiger partial charge in [-0.25, -0.2) is 0 Å². The summed E-state index contributed by atoms with van der Waals surface area (Å²) in [4.78, 5) is 0. The van der Waals surface area contributed by atoms with Gasteiger partial charge in [-0.3, -0.25) is 0 Å². The van der Waals surface area contributed by atoms with Crippen LogP contribution in [0, 0.1) is 11.3 Å². The van der Waals surface area contributed by atoms with Gasteiger partial charge in [0.25, 0.3) is 0 Å². The van der Waals surface area contributed by atoms with Gasteiger partial charge in [-0.1, -0.05) is 0 Å². The van der Waals surface area contributed by atoms with Gasteiger partial charge in [-0.2, -0.15) is 18.4 Å². The monoisotopic (exact) mass is 274 g/mol. The highest BCUT2D eigenvalue weighted by Crippen LogP contribution is 2.25. The highest BCUT2D eigenvalue weighted by Gasteiger charge is 2.27. The number of methoxy groups -OCH3 is 1. The summed E-state index contributed by atoms with van der Waals surface area (Å²) >= 11 is 0. The molecule has 0 saturated heterocycles. The van der Waals surface area contributed by atoms with Crippen molar-refractivity contribution in [1.29, 1.82) is 5.26 Å². The fourth-order valence-electron chi connectivity index (χ4n) is 1.35. The van der Waals surface area contributed by atoms with Gasteiger partial charge in [-0.05, 0) is 12.1 Å². The summed E-state index contributed by atoms with van der Waals surface area (Å²) in [7, 11) is 1.45. The molecular formula is C12H13F3N2O2. The maximum Gasteiger partial charge on any atom is 0.411 e. The molecule has 0 amide bonds. The molecule has 0 aliphatic carbocycles. The van der Waals surface area contributed by atoms with Crippen molar-refractivity contribution >= 4 is 5.69 Å². The molecule has 104 valence electrons. The molecule has 1 aromatic carbocycles. The molecule has 0 heterocycles. The van der Waals surface area contributed by atoms with E-state index in [9.17, 15) is 13.2 Å². The number of ether oxygens (including phenoxy) is 2. The second kappa shape index (κ2) is 6.85. The first-order chi connectivity index (χ1) is 8.96. The highest BCUT2D eigenvalue weighted by molar-refractivity contribution is 5.59. The Morgan fingerprint density at radius 3 is 2.68 bits per heavy atom. The average Bonchev–Trinajstić information content (AvgIpc) is 2.37. The number of halogens is 3. The number of hydrogen-bond donors (Lipinski definition) is 1. The predicted octanol–water partition coefficient (Wildman–Crippen LogP) is 2.56. The number of hydrogen-bond acceptors (Lipinski definition) is 4. The molecular weight excluding hydrogens is 261 g/mol. The summed E-state index contributed by atoms with van der Waals surface area (Å²) in [6, 6.07) is 6.72. The lowest BCUT2D eigenvalue weighted by Gasteiger charge is -2.12. The first-order valence-corrected chi connectivity index (χ1v) is 5.43. The molecule has 0 spiro atoms. The summed E-state index contributed by atoms with van der Waals surface area (Å²) in [5.74, 6) is 0.454. The van der Waals surface area contributed by atoms with Crippen LogP contribution < -0.4 is 10.1 Å². The molecule has 0 fully saturated rings. The van der Waals surface area contributed by atoms with E-state index in [1.54, 1.807) is 18.2 Å². The van der Waals surface area contributed by atoms with E-state index >= 15 is 0 Å². The van der Waals surface area contributed by atoms with Crippen LogP contribution in [0.25, 0.3) is 0 Å². The van der Waals surface area contributed by atoms with Crippen LogP contribution in [-0.4, -0.2) is 33.0 Å². The van der Waals surface area contributed by atoms with Crippen molar-refractivity contribution in [1.82, 2.24) is 0 Å². The van der Waals surface area contributed by atoms with Crippen LogP contribution in [0.5, 0.6) is 5.75 Å². The summed E-state index contributed by atoms with van der Waals surface area (Å²) in [5.41, 5.74) is 1.04. The fourth-order valence-corrected chi connectivity index (χ4v) is 1.35. The summed E-state index contributed by atoms with van der Waals surface area (Å²) in [6.07, 6.45) is -4.31. The Labute approximate surface area is 108 Å². The Morgan fingerprint density at radius 2 is 2.11 bits per heavy atom. The number of nitrogens with one attached hydrogen (secondary N) is 1. The summed E-state index contributed by atoms with van der Waals surface area (Å²) in [6.45, 7) is -1.14. The quantitative estimate of drug-likeness (QED) is 0.810. The molecule has 19 heavy (non-hydrogen) atoms. The van der Waals surface area contributed by atoms with Gasteiger partial charge in [0.1, 0.15) is 12.4 Å². The zero-order valence-corrected chi connectivity index (χ0v) is 10.3. The second-order valence-corrected chi connectivity index (χ2v) is 3.62. The number of benzene rings is 1. The topological polar surface area (TPSA) is 54.3 Å². The van der Waals surface area contributed by atoms with Crippen molar-refractivity contribution in [2.75, 3.05) is 32.2 Å². The van der Waals surface area contributed by atoms with Crippen molar-refractivity contribution in [3.63, 3.8) is 0 Å². The lowest BCUT2D eigenvalue weighted by molar-refractivity contribution is -0.172. The smallest absolute Gasteiger partial charge is 0.411 e. The number of alkyl halides is 3. The molecule has 0 saturated carbocycles. The van der Waals surface area contributed by atoms with Gasteiger partial charge in [0.15, 0.2) is 0 Å². The minimum atomic E-state index is -4.31. The highest BCUT2D eigenvalue weighted by atomic mass is 19.4. The molecule has 1 N–H and O–H groups in total. The molecule has 7 heteroatoms. The molecule has 1 rings (SSSR count). The summed E-state index contributed by atoms with van der Waals surface area (Å²) < 4.78 is 45.0. The average molecular weight is 274 g/mol. The number of nitriles is 1. The van der Waals surface area contributed by atoms with Crippen LogP contribution >= 0.6 is 0 Å². The van der Waals surface area contributed by atoms with Crippen LogP contribution in [0.1, 0.15) is 5.56 Å². The Morgan fingerprint density at radius 1 is 1.37 bits per heavy atom. The third-order valence-corrected chi connectivity index (χ3v) is 2.16. The van der Waals surface area contributed by atoms with Gasteiger partial charge in [0, 0.05) is 12.6 Å². The molecule has 0 unspecified atom stereocenters. The third-order valence-electron chi connectivity index (χ3n) is 2.16. The van der Waals surface area contributed by atoms with E-state index in [-0.39, 0.29) is 13.2 Å². The van der Waals surface area contributed by atoms with E-state index in [0.29, 0.717) is 17.0 Å². The van der Waals surface area contributed by atoms with E-state index in [1.165, 1.54) is 7.11 Å². The van der Waals surface area contributed by atoms with Crippen molar-refractivity contribution in [3.05, 3.63) is 23.8 Å². The lowest BCUT2D eigenvalue weighted by Crippen LogP contribution is -2.20. The zero-order chi connectivity index (χ0) is 14.3. The summed E-state index contributed by atoms with van der Waals surface area (Å²) in [5, 5.41) is 11.6. The van der Waals surface area contributed by atoms with Gasteiger partial charge in [0.2, 0.25) is 0 Å². The SMILES string of the molecule is COc1cc(C#N)ccc1NCCOCC(F)(F)F. The van der Waals surface area contributed by atoms with Crippen molar-refractivity contribution in [2.45, 2.75) is 6.18 Å². The van der Waals surface area contributed by atoms with E-state index < -0.39 is 12.8 Å². The van der Waals surface area contributed by atoms with E-state index in [4.69, 9.17) is 10.00 Å². The number of rotatable bonds is 6. The Kier molecular flexibility index (Phi) is 5.45. The third kappa shape index (κ3) is 5.48. The molecule has 1 aromatic rings. The molecule has 0 radical (unpaired) electrons. The van der Waals surface area contributed by atoms with Crippen molar-refractivity contribution < 1.29 is 22.6 Å². The van der Waals surface area contributed by atoms with Crippen molar-refractivity contribution in [3.8, 4) is 11.8 Å². The van der Waals surface area contributed by atoms with Crippen molar-refractivity contribution in [2.24, 2.45) is 0 Å². The molecule has 0 bridgehead atoms. The van der Waals surface area contributed by atoms with Crippen LogP contribution in [0.3, 0.4) is 0 Å². The number of anilines is 1. The van der Waals surface area contributed by atoms with Gasteiger partial charge < -0.3 is 14.8 Å². The predicted molar refractivity (Wildman–Crippen MR) is 63.1 cm³/mol. The second-order valence-electron chi connectivity index (χ2n) is 3.62. The minimum Gasteiger partial charge on any atom is -0.495 e. The first-order valence-electron chi connectivity index (χ1n) is 5.43. The molecule has 4 nitrogen and oxygen atoms in total. The maximum atomic E-state index is 11.8. The zero-order valence-electron chi connectivity index (χ0n) is 10.3. The van der Waals surface area contributed by atoms with Gasteiger partial charge >= 0.3 is 6.18 Å². The molecule has 0 aliphatic rings. The van der Waals surface area contributed by atoms with Gasteiger partial charge in [0.05, 0.1) is 31.0 Å². The minimum absolute atomic E-state index is 0.0807. The fraction of sp³-hybridized carbons (Fsp3) is 0.417. The molecule has 0 aromatic heterocycles.